The molecule has 0 aliphatic heterocycles. The van der Waals surface area contributed by atoms with Gasteiger partial charge in [0, 0.05) is 10.7 Å². The molecule has 0 aromatic rings. The van der Waals surface area contributed by atoms with Gasteiger partial charge in [-0.3, -0.25) is 0 Å². The van der Waals surface area contributed by atoms with E-state index in [1.807, 2.05) is 0 Å². The summed E-state index contributed by atoms with van der Waals surface area (Å²) in [5.41, 5.74) is 0. The van der Waals surface area contributed by atoms with Crippen molar-refractivity contribution < 1.29 is 18.3 Å². The van der Waals surface area contributed by atoms with Crippen LogP contribution in [-0.4, -0.2) is 20.1 Å². The van der Waals surface area contributed by atoms with Gasteiger partial charge in [0.25, 0.3) is 0 Å². The largest absolute Gasteiger partial charge is 0.549 e. The van der Waals surface area contributed by atoms with E-state index < -0.39 is 20.8 Å². The summed E-state index contributed by atoms with van der Waals surface area (Å²) in [6.45, 7) is 0. The summed E-state index contributed by atoms with van der Waals surface area (Å²) in [6, 6.07) is 0. The Labute approximate surface area is 50.5 Å². The predicted octanol–water partition coefficient (Wildman–Crippen LogP) is -1.70. The second-order valence-electron chi connectivity index (χ2n) is 1.06. The van der Waals surface area contributed by atoms with E-state index in [-0.39, 0.29) is 0 Å². The molecule has 0 aromatic carbocycles. The molecule has 48 valence electrons. The van der Waals surface area contributed by atoms with Gasteiger partial charge in [-0.1, -0.05) is 0 Å². The van der Waals surface area contributed by atoms with Crippen LogP contribution in [0.15, 0.2) is 0 Å². The van der Waals surface area contributed by atoms with Crippen LogP contribution in [0, 0.1) is 0 Å². The van der Waals surface area contributed by atoms with E-state index in [4.69, 9.17) is 0 Å². The van der Waals surface area contributed by atoms with Gasteiger partial charge >= 0.3 is 0 Å². The topological polar surface area (TPSA) is 74.3 Å². The molecule has 0 spiro atoms. The molecule has 0 rings (SSSR count). The molecule has 0 saturated carbocycles. The smallest absolute Gasteiger partial charge is 0.237 e. The summed E-state index contributed by atoms with van der Waals surface area (Å²) in [5, 5.41) is 9.44. The second kappa shape index (κ2) is 2.32. The zero-order chi connectivity index (χ0) is 6.78. The highest BCUT2D eigenvalue weighted by atomic mass is 35.7. The average Bonchev–Trinajstić information content (AvgIpc) is 1.21. The zero-order valence-corrected chi connectivity index (χ0v) is 5.20. The Morgan fingerprint density at radius 2 is 2.00 bits per heavy atom. The first-order valence-corrected chi connectivity index (χ1v) is 4.02. The highest BCUT2D eigenvalue weighted by Gasteiger charge is 2.03. The summed E-state index contributed by atoms with van der Waals surface area (Å²) >= 11 is 0. The number of carbonyl (C=O) groups is 1. The molecule has 0 aliphatic rings. The molecule has 0 N–H and O–H groups in total. The summed E-state index contributed by atoms with van der Waals surface area (Å²) in [4.78, 5) is 9.44. The fourth-order valence-electron chi connectivity index (χ4n) is 0.141. The van der Waals surface area contributed by atoms with Crippen molar-refractivity contribution >= 4 is 25.7 Å². The predicted molar refractivity (Wildman–Crippen MR) is 24.6 cm³/mol. The maximum absolute atomic E-state index is 9.79. The quantitative estimate of drug-likeness (QED) is 0.448. The normalized spacial score (nSPS) is 11.1. The Morgan fingerprint density at radius 1 is 1.62 bits per heavy atom. The van der Waals surface area contributed by atoms with Crippen molar-refractivity contribution in [3.8, 4) is 0 Å². The summed E-state index contributed by atoms with van der Waals surface area (Å²) in [5.74, 6) is -2.82. The van der Waals surface area contributed by atoms with E-state index in [1.165, 1.54) is 0 Å². The van der Waals surface area contributed by atoms with Crippen molar-refractivity contribution in [2.24, 2.45) is 0 Å². The van der Waals surface area contributed by atoms with Crippen LogP contribution in [0.25, 0.3) is 0 Å². The van der Waals surface area contributed by atoms with E-state index >= 15 is 0 Å². The molecule has 0 aliphatic carbocycles. The molecule has 4 nitrogen and oxygen atoms in total. The Morgan fingerprint density at radius 3 is 2.00 bits per heavy atom. The number of hydrogen-bond donors (Lipinski definition) is 0. The molecule has 0 saturated heterocycles. The van der Waals surface area contributed by atoms with Gasteiger partial charge < -0.3 is 9.90 Å². The van der Waals surface area contributed by atoms with Crippen molar-refractivity contribution in [3.05, 3.63) is 0 Å². The molecular weight excluding hydrogens is 156 g/mol. The second-order valence-corrected chi connectivity index (χ2v) is 3.83. The molecule has 0 aromatic heterocycles. The van der Waals surface area contributed by atoms with E-state index in [0.717, 1.165) is 0 Å². The monoisotopic (exact) mass is 157 g/mol. The molecule has 0 unspecified atom stereocenters. The number of hydrogen-bond acceptors (Lipinski definition) is 4. The SMILES string of the molecule is O=C([O-])CS(=O)(=O)Cl. The minimum absolute atomic E-state index is 1.13. The molecular formula is C2H2ClO4S-. The number of halogens is 1. The Balaban J connectivity index is 3.95. The molecule has 0 amide bonds. The summed E-state index contributed by atoms with van der Waals surface area (Å²) < 4.78 is 19.6. The van der Waals surface area contributed by atoms with Crippen LogP contribution in [0.1, 0.15) is 0 Å². The number of aliphatic carboxylic acids is 1. The van der Waals surface area contributed by atoms with Crippen molar-refractivity contribution in [1.29, 1.82) is 0 Å². The highest BCUT2D eigenvalue weighted by molar-refractivity contribution is 8.14. The van der Waals surface area contributed by atoms with Crippen LogP contribution in [0.4, 0.5) is 0 Å². The first-order chi connectivity index (χ1) is 3.42. The van der Waals surface area contributed by atoms with E-state index in [2.05, 4.69) is 10.7 Å². The van der Waals surface area contributed by atoms with Crippen molar-refractivity contribution in [1.82, 2.24) is 0 Å². The highest BCUT2D eigenvalue weighted by Crippen LogP contribution is 1.92. The summed E-state index contributed by atoms with van der Waals surface area (Å²) in [7, 11) is 0.566. The molecule has 6 heteroatoms. The van der Waals surface area contributed by atoms with E-state index in [0.29, 0.717) is 0 Å². The standard InChI is InChI=1S/C2H3ClO4S/c3-8(6,7)1-2(4)5/h1H2,(H,4,5)/p-1. The number of rotatable bonds is 2. The fourth-order valence-corrected chi connectivity index (χ4v) is 0.690. The van der Waals surface area contributed by atoms with Crippen LogP contribution < -0.4 is 5.11 Å². The maximum Gasteiger partial charge on any atom is 0.237 e. The van der Waals surface area contributed by atoms with Gasteiger partial charge in [-0.15, -0.1) is 0 Å². The fraction of sp³-hybridized carbons (Fsp3) is 0.500. The molecule has 8 heavy (non-hydrogen) atoms. The molecule has 0 heterocycles. The first-order valence-electron chi connectivity index (χ1n) is 1.54. The molecule has 0 bridgehead atoms. The number of carbonyl (C=O) groups excluding carboxylic acids is 1. The molecule has 0 atom stereocenters. The lowest BCUT2D eigenvalue weighted by Gasteiger charge is -1.93. The van der Waals surface area contributed by atoms with Crippen LogP contribution in [0.5, 0.6) is 0 Å². The lowest BCUT2D eigenvalue weighted by molar-refractivity contribution is -0.301. The van der Waals surface area contributed by atoms with E-state index in [9.17, 15) is 18.3 Å². The maximum atomic E-state index is 9.79. The number of carboxylic acid groups (broad SMARTS) is 1. The van der Waals surface area contributed by atoms with E-state index in [1.54, 1.807) is 0 Å². The van der Waals surface area contributed by atoms with Gasteiger partial charge in [0.15, 0.2) is 0 Å². The van der Waals surface area contributed by atoms with Crippen molar-refractivity contribution in [2.75, 3.05) is 5.75 Å². The summed E-state index contributed by atoms with van der Waals surface area (Å²) in [6.07, 6.45) is 0. The third kappa shape index (κ3) is 5.71. The third-order valence-electron chi connectivity index (χ3n) is 0.290. The van der Waals surface area contributed by atoms with Gasteiger partial charge in [0.2, 0.25) is 9.05 Å². The van der Waals surface area contributed by atoms with Crippen molar-refractivity contribution in [2.45, 2.75) is 0 Å². The average molecular weight is 158 g/mol. The van der Waals surface area contributed by atoms with Crippen LogP contribution in [0.3, 0.4) is 0 Å². The number of carboxylic acids is 1. The lowest BCUT2D eigenvalue weighted by atomic mass is 10.8. The third-order valence-corrected chi connectivity index (χ3v) is 1.20. The van der Waals surface area contributed by atoms with Crippen LogP contribution in [-0.2, 0) is 13.8 Å². The van der Waals surface area contributed by atoms with Gasteiger partial charge in [-0.25, -0.2) is 8.42 Å². The van der Waals surface area contributed by atoms with Gasteiger partial charge in [-0.2, -0.15) is 0 Å². The molecule has 0 radical (unpaired) electrons. The minimum Gasteiger partial charge on any atom is -0.549 e. The minimum atomic E-state index is -3.91. The van der Waals surface area contributed by atoms with Crippen molar-refractivity contribution in [3.63, 3.8) is 0 Å². The Kier molecular flexibility index (Phi) is 2.24. The molecule has 0 fully saturated rings. The Hall–Kier alpha value is -0.290. The van der Waals surface area contributed by atoms with Gasteiger partial charge in [0.1, 0.15) is 5.75 Å². The first kappa shape index (κ1) is 7.71. The van der Waals surface area contributed by atoms with Gasteiger partial charge in [-0.05, 0) is 0 Å². The van der Waals surface area contributed by atoms with Crippen LogP contribution in [0.2, 0.25) is 0 Å². The van der Waals surface area contributed by atoms with Gasteiger partial charge in [0.05, 0.1) is 5.97 Å². The lowest BCUT2D eigenvalue weighted by Crippen LogP contribution is -2.28. The Bertz CT molecular complexity index is 180. The zero-order valence-electron chi connectivity index (χ0n) is 3.63. The van der Waals surface area contributed by atoms with Crippen LogP contribution >= 0.6 is 10.7 Å².